The summed E-state index contributed by atoms with van der Waals surface area (Å²) in [5.41, 5.74) is 1.76. The van der Waals surface area contributed by atoms with E-state index in [-0.39, 0.29) is 11.4 Å². The third kappa shape index (κ3) is 5.99. The van der Waals surface area contributed by atoms with Gasteiger partial charge in [-0.15, -0.1) is 0 Å². The molecule has 5 heteroatoms. The first kappa shape index (κ1) is 16.4. The molecular weight excluding hydrogens is 252 g/mol. The van der Waals surface area contributed by atoms with Crippen LogP contribution in [0, 0.1) is 6.92 Å². The van der Waals surface area contributed by atoms with Gasteiger partial charge in [0.1, 0.15) is 0 Å². The fraction of sp³-hybridized carbons (Fsp3) is 0.667. The summed E-state index contributed by atoms with van der Waals surface area (Å²) in [6.07, 6.45) is 0.408. The molecule has 1 aromatic rings. The van der Waals surface area contributed by atoms with Gasteiger partial charge in [-0.3, -0.25) is 4.79 Å². The Balaban J connectivity index is 2.52. The summed E-state index contributed by atoms with van der Waals surface area (Å²) in [7, 11) is 0. The van der Waals surface area contributed by atoms with Crippen LogP contribution in [-0.2, 0) is 4.79 Å². The molecule has 0 aromatic carbocycles. The second-order valence-corrected chi connectivity index (χ2v) is 6.39. The van der Waals surface area contributed by atoms with Gasteiger partial charge >= 0.3 is 0 Å². The van der Waals surface area contributed by atoms with Crippen LogP contribution in [-0.4, -0.2) is 28.0 Å². The number of nitrogens with one attached hydrogen (secondary N) is 2. The van der Waals surface area contributed by atoms with Crippen LogP contribution in [0.1, 0.15) is 58.3 Å². The first-order chi connectivity index (χ1) is 9.17. The van der Waals surface area contributed by atoms with Crippen LogP contribution in [0.3, 0.4) is 0 Å². The first-order valence-corrected chi connectivity index (χ1v) is 7.08. The molecule has 0 aliphatic heterocycles. The SMILES string of the molecule is Cc1cc(C(C)C)nc(NCCC(=O)NC(C)(C)C)n1. The Bertz CT molecular complexity index is 463. The van der Waals surface area contributed by atoms with E-state index in [1.165, 1.54) is 0 Å². The van der Waals surface area contributed by atoms with Gasteiger partial charge in [0.25, 0.3) is 0 Å². The topological polar surface area (TPSA) is 66.9 Å². The van der Waals surface area contributed by atoms with Crippen molar-refractivity contribution < 1.29 is 4.79 Å². The average molecular weight is 278 g/mol. The highest BCUT2D eigenvalue weighted by Gasteiger charge is 2.13. The van der Waals surface area contributed by atoms with E-state index in [4.69, 9.17) is 0 Å². The maximum Gasteiger partial charge on any atom is 0.223 e. The lowest BCUT2D eigenvalue weighted by atomic mass is 10.1. The summed E-state index contributed by atoms with van der Waals surface area (Å²) in [6, 6.07) is 1.99. The second-order valence-electron chi connectivity index (χ2n) is 6.39. The maximum atomic E-state index is 11.7. The van der Waals surface area contributed by atoms with Crippen molar-refractivity contribution in [3.05, 3.63) is 17.5 Å². The van der Waals surface area contributed by atoms with E-state index in [0.29, 0.717) is 24.8 Å². The predicted molar refractivity (Wildman–Crippen MR) is 81.9 cm³/mol. The van der Waals surface area contributed by atoms with Crippen molar-refractivity contribution >= 4 is 11.9 Å². The molecule has 0 saturated heterocycles. The Kier molecular flexibility index (Phi) is 5.48. The first-order valence-electron chi connectivity index (χ1n) is 7.08. The second kappa shape index (κ2) is 6.68. The highest BCUT2D eigenvalue weighted by atomic mass is 16.1. The molecule has 0 radical (unpaired) electrons. The van der Waals surface area contributed by atoms with Gasteiger partial charge in [0.2, 0.25) is 11.9 Å². The Hall–Kier alpha value is -1.65. The van der Waals surface area contributed by atoms with Crippen LogP contribution >= 0.6 is 0 Å². The molecule has 1 aromatic heterocycles. The van der Waals surface area contributed by atoms with Crippen molar-refractivity contribution in [1.29, 1.82) is 0 Å². The summed E-state index contributed by atoms with van der Waals surface area (Å²) in [5, 5.41) is 6.04. The van der Waals surface area contributed by atoms with Gasteiger partial charge in [0.15, 0.2) is 0 Å². The predicted octanol–water partition coefficient (Wildman–Crippen LogP) is 2.63. The van der Waals surface area contributed by atoms with Crippen LogP contribution in [0.5, 0.6) is 0 Å². The number of hydrogen-bond donors (Lipinski definition) is 2. The van der Waals surface area contributed by atoms with E-state index in [9.17, 15) is 4.79 Å². The number of rotatable bonds is 5. The smallest absolute Gasteiger partial charge is 0.223 e. The summed E-state index contributed by atoms with van der Waals surface area (Å²) in [5.74, 6) is 0.987. The van der Waals surface area contributed by atoms with Gasteiger partial charge in [-0.1, -0.05) is 13.8 Å². The van der Waals surface area contributed by atoms with E-state index in [1.807, 2.05) is 33.8 Å². The third-order valence-electron chi connectivity index (χ3n) is 2.62. The number of amides is 1. The van der Waals surface area contributed by atoms with E-state index < -0.39 is 0 Å². The monoisotopic (exact) mass is 278 g/mol. The molecule has 2 N–H and O–H groups in total. The number of nitrogens with zero attached hydrogens (tertiary/aromatic N) is 2. The van der Waals surface area contributed by atoms with E-state index in [1.54, 1.807) is 0 Å². The highest BCUT2D eigenvalue weighted by molar-refractivity contribution is 5.77. The van der Waals surface area contributed by atoms with E-state index in [0.717, 1.165) is 11.4 Å². The zero-order valence-electron chi connectivity index (χ0n) is 13.4. The van der Waals surface area contributed by atoms with Crippen molar-refractivity contribution in [2.24, 2.45) is 0 Å². The summed E-state index contributed by atoms with van der Waals surface area (Å²) in [6.45, 7) is 12.6. The summed E-state index contributed by atoms with van der Waals surface area (Å²) in [4.78, 5) is 20.5. The van der Waals surface area contributed by atoms with Gasteiger partial charge in [0.05, 0.1) is 0 Å². The zero-order valence-corrected chi connectivity index (χ0v) is 13.4. The summed E-state index contributed by atoms with van der Waals surface area (Å²) >= 11 is 0. The molecule has 1 heterocycles. The third-order valence-corrected chi connectivity index (χ3v) is 2.62. The molecule has 0 saturated carbocycles. The van der Waals surface area contributed by atoms with E-state index >= 15 is 0 Å². The number of carbonyl (C=O) groups is 1. The minimum Gasteiger partial charge on any atom is -0.354 e. The molecule has 1 rings (SSSR count). The summed E-state index contributed by atoms with van der Waals surface area (Å²) < 4.78 is 0. The lowest BCUT2D eigenvalue weighted by Crippen LogP contribution is -2.41. The number of hydrogen-bond acceptors (Lipinski definition) is 4. The fourth-order valence-corrected chi connectivity index (χ4v) is 1.74. The molecule has 0 unspecified atom stereocenters. The van der Waals surface area contributed by atoms with Gasteiger partial charge in [-0.2, -0.15) is 0 Å². The largest absolute Gasteiger partial charge is 0.354 e. The molecule has 5 nitrogen and oxygen atoms in total. The number of aromatic nitrogens is 2. The van der Waals surface area contributed by atoms with Gasteiger partial charge in [-0.25, -0.2) is 9.97 Å². The molecule has 0 bridgehead atoms. The van der Waals surface area contributed by atoms with E-state index in [2.05, 4.69) is 34.4 Å². The van der Waals surface area contributed by atoms with Crippen molar-refractivity contribution in [2.45, 2.75) is 59.4 Å². The molecule has 1 amide bonds. The highest BCUT2D eigenvalue weighted by Crippen LogP contribution is 2.14. The minimum absolute atomic E-state index is 0.0294. The Labute approximate surface area is 121 Å². The molecule has 0 fully saturated rings. The lowest BCUT2D eigenvalue weighted by molar-refractivity contribution is -0.122. The van der Waals surface area contributed by atoms with Crippen LogP contribution in [0.25, 0.3) is 0 Å². The van der Waals surface area contributed by atoms with Crippen molar-refractivity contribution in [1.82, 2.24) is 15.3 Å². The van der Waals surface area contributed by atoms with Gasteiger partial charge in [-0.05, 0) is 39.7 Å². The average Bonchev–Trinajstić information content (AvgIpc) is 2.25. The van der Waals surface area contributed by atoms with Gasteiger partial charge < -0.3 is 10.6 Å². The Morgan fingerprint density at radius 3 is 2.50 bits per heavy atom. The van der Waals surface area contributed by atoms with Crippen molar-refractivity contribution in [2.75, 3.05) is 11.9 Å². The van der Waals surface area contributed by atoms with Crippen molar-refractivity contribution in [3.8, 4) is 0 Å². The quantitative estimate of drug-likeness (QED) is 0.869. The molecule has 20 heavy (non-hydrogen) atoms. The maximum absolute atomic E-state index is 11.7. The number of aryl methyl sites for hydroxylation is 1. The van der Waals surface area contributed by atoms with Crippen LogP contribution in [0.2, 0.25) is 0 Å². The lowest BCUT2D eigenvalue weighted by Gasteiger charge is -2.20. The minimum atomic E-state index is -0.193. The zero-order chi connectivity index (χ0) is 15.3. The Morgan fingerprint density at radius 1 is 1.30 bits per heavy atom. The van der Waals surface area contributed by atoms with Crippen LogP contribution in [0.15, 0.2) is 6.07 Å². The molecule has 0 aliphatic carbocycles. The molecular formula is C15H26N4O. The normalized spacial score (nSPS) is 11.6. The number of anilines is 1. The molecule has 0 atom stereocenters. The van der Waals surface area contributed by atoms with Gasteiger partial charge in [0, 0.05) is 29.9 Å². The number of carbonyl (C=O) groups excluding carboxylic acids is 1. The molecule has 112 valence electrons. The fourth-order valence-electron chi connectivity index (χ4n) is 1.74. The standard InChI is InChI=1S/C15H26N4O/c1-10(2)12-9-11(3)17-14(18-12)16-8-7-13(20)19-15(4,5)6/h9-10H,7-8H2,1-6H3,(H,19,20)(H,16,17,18). The van der Waals surface area contributed by atoms with Crippen molar-refractivity contribution in [3.63, 3.8) is 0 Å². The molecule has 0 aliphatic rings. The van der Waals surface area contributed by atoms with Crippen LogP contribution < -0.4 is 10.6 Å². The molecule has 0 spiro atoms. The Morgan fingerprint density at radius 2 is 1.95 bits per heavy atom. The van der Waals surface area contributed by atoms with Crippen LogP contribution in [0.4, 0.5) is 5.95 Å².